The molecule has 0 fully saturated rings. The fourth-order valence-electron chi connectivity index (χ4n) is 1.01. The molecule has 2 aromatic rings. The maximum Gasteiger partial charge on any atom is 0.179 e. The van der Waals surface area contributed by atoms with E-state index in [4.69, 9.17) is 11.6 Å². The van der Waals surface area contributed by atoms with Gasteiger partial charge in [0.1, 0.15) is 10.2 Å². The van der Waals surface area contributed by atoms with Crippen LogP contribution >= 0.6 is 34.7 Å². The van der Waals surface area contributed by atoms with Crippen molar-refractivity contribution in [1.29, 1.82) is 0 Å². The summed E-state index contributed by atoms with van der Waals surface area (Å²) >= 11 is 8.98. The second-order valence-electron chi connectivity index (χ2n) is 2.96. The van der Waals surface area contributed by atoms with E-state index < -0.39 is 0 Å². The normalized spacial score (nSPS) is 10.6. The molecule has 6 heteroatoms. The van der Waals surface area contributed by atoms with Crippen molar-refractivity contribution < 1.29 is 0 Å². The highest BCUT2D eigenvalue weighted by Crippen LogP contribution is 2.32. The van der Waals surface area contributed by atoms with Gasteiger partial charge >= 0.3 is 0 Å². The molecule has 0 N–H and O–H groups in total. The van der Waals surface area contributed by atoms with Crippen LogP contribution in [0.25, 0.3) is 0 Å². The smallest absolute Gasteiger partial charge is 0.179 e. The fourth-order valence-corrected chi connectivity index (χ4v) is 3.10. The number of pyridine rings is 1. The van der Waals surface area contributed by atoms with Crippen molar-refractivity contribution in [3.63, 3.8) is 0 Å². The number of hydrogen-bond acceptors (Lipinski definition) is 5. The lowest BCUT2D eigenvalue weighted by molar-refractivity contribution is 0.983. The fraction of sp³-hybridized carbons (Fsp3) is 0.222. The first kappa shape index (κ1) is 10.9. The average molecular weight is 258 g/mol. The third-order valence-electron chi connectivity index (χ3n) is 1.73. The first-order chi connectivity index (χ1) is 7.15. The van der Waals surface area contributed by atoms with Crippen LogP contribution in [0.15, 0.2) is 21.5 Å². The molecule has 0 aromatic carbocycles. The Bertz CT molecular complexity index is 484. The van der Waals surface area contributed by atoms with E-state index in [1.807, 2.05) is 19.9 Å². The SMILES string of the molecule is Cc1nnc(Sc2cc(Cl)ncc2C)s1. The zero-order valence-corrected chi connectivity index (χ0v) is 10.6. The van der Waals surface area contributed by atoms with E-state index in [-0.39, 0.29) is 0 Å². The number of nitrogens with zero attached hydrogens (tertiary/aromatic N) is 3. The maximum absolute atomic E-state index is 5.83. The van der Waals surface area contributed by atoms with Gasteiger partial charge in [-0.2, -0.15) is 0 Å². The molecule has 0 spiro atoms. The van der Waals surface area contributed by atoms with Crippen molar-refractivity contribution in [1.82, 2.24) is 15.2 Å². The Kier molecular flexibility index (Phi) is 3.23. The van der Waals surface area contributed by atoms with Crippen LogP contribution in [0.5, 0.6) is 0 Å². The van der Waals surface area contributed by atoms with E-state index in [0.29, 0.717) is 5.15 Å². The van der Waals surface area contributed by atoms with Crippen LogP contribution in [0.3, 0.4) is 0 Å². The Labute approximate surface area is 101 Å². The van der Waals surface area contributed by atoms with Gasteiger partial charge in [-0.05, 0) is 25.5 Å². The topological polar surface area (TPSA) is 38.7 Å². The van der Waals surface area contributed by atoms with Crippen molar-refractivity contribution in [2.45, 2.75) is 23.1 Å². The highest BCUT2D eigenvalue weighted by molar-refractivity contribution is 8.01. The molecule has 0 saturated carbocycles. The molecule has 2 rings (SSSR count). The molecular formula is C9H8ClN3S2. The predicted molar refractivity (Wildman–Crippen MR) is 62.8 cm³/mol. The second kappa shape index (κ2) is 4.47. The Morgan fingerprint density at radius 1 is 1.33 bits per heavy atom. The number of rotatable bonds is 2. The van der Waals surface area contributed by atoms with E-state index in [0.717, 1.165) is 19.8 Å². The molecule has 0 bridgehead atoms. The molecule has 0 atom stereocenters. The van der Waals surface area contributed by atoms with Gasteiger partial charge in [0.05, 0.1) is 0 Å². The molecule has 15 heavy (non-hydrogen) atoms. The second-order valence-corrected chi connectivity index (χ2v) is 5.82. The van der Waals surface area contributed by atoms with Gasteiger partial charge in [-0.3, -0.25) is 0 Å². The minimum absolute atomic E-state index is 0.504. The number of halogens is 1. The van der Waals surface area contributed by atoms with Gasteiger partial charge in [0.2, 0.25) is 0 Å². The molecule has 2 aromatic heterocycles. The number of hydrogen-bond donors (Lipinski definition) is 0. The van der Waals surface area contributed by atoms with E-state index >= 15 is 0 Å². The summed E-state index contributed by atoms with van der Waals surface area (Å²) in [7, 11) is 0. The predicted octanol–water partition coefficient (Wildman–Crippen LogP) is 3.35. The highest BCUT2D eigenvalue weighted by atomic mass is 35.5. The molecule has 0 amide bonds. The molecule has 78 valence electrons. The van der Waals surface area contributed by atoms with Gasteiger partial charge in [0, 0.05) is 11.1 Å². The summed E-state index contributed by atoms with van der Waals surface area (Å²) in [6.45, 7) is 3.94. The van der Waals surface area contributed by atoms with Crippen molar-refractivity contribution >= 4 is 34.7 Å². The standard InChI is InChI=1S/C9H8ClN3S2/c1-5-4-11-8(10)3-7(5)15-9-13-12-6(2)14-9/h3-4H,1-2H3. The van der Waals surface area contributed by atoms with Crippen molar-refractivity contribution in [3.05, 3.63) is 28.0 Å². The van der Waals surface area contributed by atoms with Gasteiger partial charge in [0.15, 0.2) is 4.34 Å². The molecule has 2 heterocycles. The lowest BCUT2D eigenvalue weighted by Crippen LogP contribution is -1.83. The lowest BCUT2D eigenvalue weighted by Gasteiger charge is -2.01. The number of aromatic nitrogens is 3. The van der Waals surface area contributed by atoms with E-state index in [1.165, 1.54) is 0 Å². The summed E-state index contributed by atoms with van der Waals surface area (Å²) in [6.07, 6.45) is 1.76. The van der Waals surface area contributed by atoms with Crippen molar-refractivity contribution in [3.8, 4) is 0 Å². The van der Waals surface area contributed by atoms with Crippen molar-refractivity contribution in [2.24, 2.45) is 0 Å². The van der Waals surface area contributed by atoms with Gasteiger partial charge in [-0.1, -0.05) is 34.7 Å². The zero-order valence-electron chi connectivity index (χ0n) is 8.19. The molecule has 0 aliphatic carbocycles. The van der Waals surface area contributed by atoms with Crippen LogP contribution < -0.4 is 0 Å². The third-order valence-corrected chi connectivity index (χ3v) is 3.98. The van der Waals surface area contributed by atoms with Crippen molar-refractivity contribution in [2.75, 3.05) is 0 Å². The van der Waals surface area contributed by atoms with Crippen LogP contribution in [0.4, 0.5) is 0 Å². The summed E-state index contributed by atoms with van der Waals surface area (Å²) < 4.78 is 0.929. The molecule has 0 radical (unpaired) electrons. The first-order valence-electron chi connectivity index (χ1n) is 4.25. The van der Waals surface area contributed by atoms with E-state index in [2.05, 4.69) is 15.2 Å². The highest BCUT2D eigenvalue weighted by Gasteiger charge is 2.06. The van der Waals surface area contributed by atoms with Crippen LogP contribution in [-0.2, 0) is 0 Å². The van der Waals surface area contributed by atoms with Crippen LogP contribution in [0.1, 0.15) is 10.6 Å². The summed E-state index contributed by atoms with van der Waals surface area (Å²) in [5, 5.41) is 9.49. The summed E-state index contributed by atoms with van der Waals surface area (Å²) in [5.41, 5.74) is 1.09. The van der Waals surface area contributed by atoms with E-state index in [9.17, 15) is 0 Å². The zero-order chi connectivity index (χ0) is 10.8. The van der Waals surface area contributed by atoms with Gasteiger partial charge in [-0.15, -0.1) is 10.2 Å². The lowest BCUT2D eigenvalue weighted by atomic mass is 10.3. The quantitative estimate of drug-likeness (QED) is 0.774. The van der Waals surface area contributed by atoms with Crippen LogP contribution in [0, 0.1) is 13.8 Å². The van der Waals surface area contributed by atoms with Gasteiger partial charge < -0.3 is 0 Å². The van der Waals surface area contributed by atoms with Crippen LogP contribution in [0.2, 0.25) is 5.15 Å². The Balaban J connectivity index is 2.27. The Morgan fingerprint density at radius 3 is 2.80 bits per heavy atom. The summed E-state index contributed by atoms with van der Waals surface area (Å²) in [6, 6.07) is 1.85. The minimum atomic E-state index is 0.504. The molecule has 0 saturated heterocycles. The van der Waals surface area contributed by atoms with Gasteiger partial charge in [0.25, 0.3) is 0 Å². The van der Waals surface area contributed by atoms with Crippen LogP contribution in [-0.4, -0.2) is 15.2 Å². The largest absolute Gasteiger partial charge is 0.244 e. The molecule has 0 aliphatic rings. The number of aryl methyl sites for hydroxylation is 2. The van der Waals surface area contributed by atoms with Gasteiger partial charge in [-0.25, -0.2) is 4.98 Å². The first-order valence-corrected chi connectivity index (χ1v) is 6.26. The summed E-state index contributed by atoms with van der Waals surface area (Å²) in [4.78, 5) is 5.08. The maximum atomic E-state index is 5.83. The van der Waals surface area contributed by atoms with E-state index in [1.54, 1.807) is 29.3 Å². The average Bonchev–Trinajstić information content (AvgIpc) is 2.58. The molecular weight excluding hydrogens is 250 g/mol. The minimum Gasteiger partial charge on any atom is -0.244 e. The third kappa shape index (κ3) is 2.68. The Hall–Kier alpha value is -0.650. The summed E-state index contributed by atoms with van der Waals surface area (Å²) in [5.74, 6) is 0. The molecule has 0 aliphatic heterocycles. The Morgan fingerprint density at radius 2 is 2.13 bits per heavy atom. The monoisotopic (exact) mass is 257 g/mol. The molecule has 3 nitrogen and oxygen atoms in total. The molecule has 0 unspecified atom stereocenters.